The summed E-state index contributed by atoms with van der Waals surface area (Å²) in [4.78, 5) is 2.38. The van der Waals surface area contributed by atoms with Crippen molar-refractivity contribution in [1.82, 2.24) is 9.21 Å². The van der Waals surface area contributed by atoms with Gasteiger partial charge >= 0.3 is 0 Å². The first kappa shape index (κ1) is 18.2. The maximum Gasteiger partial charge on any atom is 0.243 e. The normalized spacial score (nSPS) is 19.7. The summed E-state index contributed by atoms with van der Waals surface area (Å²) < 4.78 is 33.0. The third-order valence-corrected chi connectivity index (χ3v) is 6.64. The van der Waals surface area contributed by atoms with Gasteiger partial charge in [0.15, 0.2) is 0 Å². The van der Waals surface area contributed by atoms with E-state index in [4.69, 9.17) is 16.3 Å². The molecule has 2 aromatic rings. The lowest BCUT2D eigenvalue weighted by molar-refractivity contribution is 0.146. The average Bonchev–Trinajstić information content (AvgIpc) is 2.62. The second-order valence-corrected chi connectivity index (χ2v) is 8.43. The van der Waals surface area contributed by atoms with Crippen LogP contribution in [0.15, 0.2) is 53.4 Å². The summed E-state index contributed by atoms with van der Waals surface area (Å²) in [5, 5.41) is 0.413. The second-order valence-electron chi connectivity index (χ2n) is 6.06. The van der Waals surface area contributed by atoms with Crippen molar-refractivity contribution in [1.29, 1.82) is 0 Å². The number of hydrogen-bond acceptors (Lipinski definition) is 4. The Kier molecular flexibility index (Phi) is 5.34. The Morgan fingerprint density at radius 2 is 1.88 bits per heavy atom. The highest BCUT2D eigenvalue weighted by molar-refractivity contribution is 7.89. The van der Waals surface area contributed by atoms with Gasteiger partial charge in [0, 0.05) is 30.2 Å². The number of likely N-dealkylation sites (N-methyl/N-ethyl adjacent to an activating group) is 1. The smallest absolute Gasteiger partial charge is 0.243 e. The lowest BCUT2D eigenvalue weighted by Gasteiger charge is -2.39. The van der Waals surface area contributed by atoms with Gasteiger partial charge in [-0.15, -0.1) is 0 Å². The third kappa shape index (κ3) is 3.67. The van der Waals surface area contributed by atoms with E-state index in [1.54, 1.807) is 25.3 Å². The van der Waals surface area contributed by atoms with Crippen LogP contribution in [-0.2, 0) is 10.0 Å². The molecule has 1 aliphatic heterocycles. The molecule has 0 aromatic heterocycles. The van der Waals surface area contributed by atoms with Gasteiger partial charge in [0.05, 0.1) is 18.0 Å². The molecule has 1 atom stereocenters. The van der Waals surface area contributed by atoms with Gasteiger partial charge in [-0.05, 0) is 31.3 Å². The second kappa shape index (κ2) is 7.33. The molecule has 5 nitrogen and oxygen atoms in total. The van der Waals surface area contributed by atoms with Gasteiger partial charge in [-0.3, -0.25) is 4.90 Å². The molecule has 0 amide bonds. The van der Waals surface area contributed by atoms with Crippen LogP contribution in [-0.4, -0.2) is 51.4 Å². The van der Waals surface area contributed by atoms with E-state index in [0.717, 1.165) is 11.3 Å². The predicted octanol–water partition coefficient (Wildman–Crippen LogP) is 3.03. The van der Waals surface area contributed by atoms with E-state index in [1.165, 1.54) is 10.4 Å². The first-order chi connectivity index (χ1) is 11.9. The van der Waals surface area contributed by atoms with Gasteiger partial charge in [-0.2, -0.15) is 4.31 Å². The van der Waals surface area contributed by atoms with Crippen molar-refractivity contribution in [2.45, 2.75) is 10.9 Å². The topological polar surface area (TPSA) is 49.9 Å². The van der Waals surface area contributed by atoms with Crippen LogP contribution in [0.3, 0.4) is 0 Å². The van der Waals surface area contributed by atoms with Gasteiger partial charge in [0.1, 0.15) is 5.75 Å². The van der Waals surface area contributed by atoms with Crippen molar-refractivity contribution in [3.05, 3.63) is 59.1 Å². The van der Waals surface area contributed by atoms with Crippen LogP contribution in [0.25, 0.3) is 0 Å². The van der Waals surface area contributed by atoms with Crippen LogP contribution in [0.5, 0.6) is 5.75 Å². The SMILES string of the molecule is COc1ccccc1C1CN(S(=O)(=O)c2cccc(Cl)c2)CCN1C. The van der Waals surface area contributed by atoms with Crippen molar-refractivity contribution in [3.63, 3.8) is 0 Å². The van der Waals surface area contributed by atoms with Crippen LogP contribution in [0.4, 0.5) is 0 Å². The molecule has 0 spiro atoms. The minimum Gasteiger partial charge on any atom is -0.496 e. The molecule has 1 aliphatic rings. The van der Waals surface area contributed by atoms with Crippen molar-refractivity contribution < 1.29 is 13.2 Å². The molecular weight excluding hydrogens is 360 g/mol. The number of methoxy groups -OCH3 is 1. The fourth-order valence-electron chi connectivity index (χ4n) is 3.12. The Morgan fingerprint density at radius 3 is 2.60 bits per heavy atom. The number of para-hydroxylation sites is 1. The molecule has 0 N–H and O–H groups in total. The summed E-state index contributed by atoms with van der Waals surface area (Å²) in [6.45, 7) is 1.45. The Labute approximate surface area is 153 Å². The molecule has 25 heavy (non-hydrogen) atoms. The average molecular weight is 381 g/mol. The van der Waals surface area contributed by atoms with Crippen molar-refractivity contribution >= 4 is 21.6 Å². The summed E-state index contributed by atoms with van der Waals surface area (Å²) in [5.41, 5.74) is 0.985. The maximum atomic E-state index is 13.0. The fraction of sp³-hybridized carbons (Fsp3) is 0.333. The number of ether oxygens (including phenoxy) is 1. The van der Waals surface area contributed by atoms with Crippen LogP contribution < -0.4 is 4.74 Å². The van der Waals surface area contributed by atoms with Crippen LogP contribution >= 0.6 is 11.6 Å². The third-order valence-electron chi connectivity index (χ3n) is 4.54. The van der Waals surface area contributed by atoms with E-state index >= 15 is 0 Å². The molecule has 134 valence electrons. The van der Waals surface area contributed by atoms with Gasteiger partial charge in [0.25, 0.3) is 0 Å². The highest BCUT2D eigenvalue weighted by atomic mass is 35.5. The summed E-state index contributed by atoms with van der Waals surface area (Å²) in [6.07, 6.45) is 0. The minimum absolute atomic E-state index is 0.0705. The fourth-order valence-corrected chi connectivity index (χ4v) is 4.86. The van der Waals surface area contributed by atoms with Crippen molar-refractivity contribution in [2.24, 2.45) is 0 Å². The van der Waals surface area contributed by atoms with Crippen molar-refractivity contribution in [3.8, 4) is 5.75 Å². The van der Waals surface area contributed by atoms with E-state index in [-0.39, 0.29) is 10.9 Å². The highest BCUT2D eigenvalue weighted by Crippen LogP contribution is 2.33. The number of benzene rings is 2. The molecule has 0 saturated carbocycles. The minimum atomic E-state index is -3.59. The Hall–Kier alpha value is -1.60. The number of nitrogens with zero attached hydrogens (tertiary/aromatic N) is 2. The molecule has 3 rings (SSSR count). The zero-order valence-corrected chi connectivity index (χ0v) is 15.8. The zero-order valence-electron chi connectivity index (χ0n) is 14.2. The molecular formula is C18H21ClN2O3S. The largest absolute Gasteiger partial charge is 0.496 e. The monoisotopic (exact) mass is 380 g/mol. The molecule has 0 radical (unpaired) electrons. The molecule has 0 bridgehead atoms. The summed E-state index contributed by atoms with van der Waals surface area (Å²) in [7, 11) is 0.0405. The van der Waals surface area contributed by atoms with Crippen LogP contribution in [0.2, 0.25) is 5.02 Å². The summed E-state index contributed by atoms with van der Waals surface area (Å²) >= 11 is 5.97. The lowest BCUT2D eigenvalue weighted by atomic mass is 10.0. The Bertz CT molecular complexity index is 857. The molecule has 1 unspecified atom stereocenters. The van der Waals surface area contributed by atoms with Gasteiger partial charge in [-0.1, -0.05) is 35.9 Å². The highest BCUT2D eigenvalue weighted by Gasteiger charge is 2.34. The van der Waals surface area contributed by atoms with Gasteiger partial charge < -0.3 is 4.74 Å². The molecule has 1 heterocycles. The van der Waals surface area contributed by atoms with E-state index in [0.29, 0.717) is 24.7 Å². The molecule has 1 saturated heterocycles. The van der Waals surface area contributed by atoms with E-state index in [1.807, 2.05) is 31.3 Å². The first-order valence-corrected chi connectivity index (χ1v) is 9.84. The summed E-state index contributed by atoms with van der Waals surface area (Å²) in [6, 6.07) is 14.1. The molecule has 0 aliphatic carbocycles. The van der Waals surface area contributed by atoms with E-state index in [9.17, 15) is 8.42 Å². The molecule has 2 aromatic carbocycles. The first-order valence-electron chi connectivity index (χ1n) is 8.02. The van der Waals surface area contributed by atoms with Gasteiger partial charge in [0.2, 0.25) is 10.0 Å². The Balaban J connectivity index is 1.92. The van der Waals surface area contributed by atoms with E-state index in [2.05, 4.69) is 4.90 Å². The zero-order chi connectivity index (χ0) is 18.0. The number of halogens is 1. The standard InChI is InChI=1S/C18H21ClN2O3S/c1-20-10-11-21(25(22,23)15-7-5-6-14(19)12-15)13-17(20)16-8-3-4-9-18(16)24-2/h3-9,12,17H,10-11,13H2,1-2H3. The molecule has 1 fully saturated rings. The quantitative estimate of drug-likeness (QED) is 0.818. The Morgan fingerprint density at radius 1 is 1.12 bits per heavy atom. The lowest BCUT2D eigenvalue weighted by Crippen LogP contribution is -2.48. The molecule has 7 heteroatoms. The maximum absolute atomic E-state index is 13.0. The van der Waals surface area contributed by atoms with E-state index < -0.39 is 10.0 Å². The van der Waals surface area contributed by atoms with Crippen LogP contribution in [0, 0.1) is 0 Å². The van der Waals surface area contributed by atoms with Crippen molar-refractivity contribution in [2.75, 3.05) is 33.8 Å². The number of sulfonamides is 1. The number of hydrogen-bond donors (Lipinski definition) is 0. The summed E-state index contributed by atoms with van der Waals surface area (Å²) in [5.74, 6) is 0.765. The predicted molar refractivity (Wildman–Crippen MR) is 98.6 cm³/mol. The number of rotatable bonds is 4. The number of piperazine rings is 1. The van der Waals surface area contributed by atoms with Crippen LogP contribution in [0.1, 0.15) is 11.6 Å². The van der Waals surface area contributed by atoms with Gasteiger partial charge in [-0.25, -0.2) is 8.42 Å².